The third-order valence-corrected chi connectivity index (χ3v) is 3.02. The highest BCUT2D eigenvalue weighted by atomic mass is 19.1. The zero-order valence-corrected chi connectivity index (χ0v) is 10.7. The molecule has 0 aliphatic carbocycles. The minimum atomic E-state index is -0.247. The largest absolute Gasteiger partial charge is 0.493 e. The lowest BCUT2D eigenvalue weighted by atomic mass is 10.1. The van der Waals surface area contributed by atoms with Crippen molar-refractivity contribution >= 4 is 0 Å². The number of halogens is 1. The number of ether oxygens (including phenoxy) is 2. The van der Waals surface area contributed by atoms with E-state index in [2.05, 4.69) is 5.32 Å². The second kappa shape index (κ2) is 6.71. The number of hydrogen-bond donors (Lipinski definition) is 1. The average molecular weight is 253 g/mol. The fourth-order valence-electron chi connectivity index (χ4n) is 2.00. The second-order valence-electron chi connectivity index (χ2n) is 4.62. The van der Waals surface area contributed by atoms with E-state index in [1.165, 1.54) is 12.1 Å². The molecule has 1 aromatic carbocycles. The van der Waals surface area contributed by atoms with Gasteiger partial charge in [0.05, 0.1) is 13.2 Å². The molecule has 18 heavy (non-hydrogen) atoms. The molecule has 1 aromatic rings. The molecule has 0 saturated carbocycles. The summed E-state index contributed by atoms with van der Waals surface area (Å²) in [7, 11) is 0. The van der Waals surface area contributed by atoms with Gasteiger partial charge >= 0.3 is 0 Å². The van der Waals surface area contributed by atoms with Gasteiger partial charge in [0.25, 0.3) is 0 Å². The van der Waals surface area contributed by atoms with Crippen LogP contribution in [-0.2, 0) is 11.3 Å². The summed E-state index contributed by atoms with van der Waals surface area (Å²) in [6.07, 6.45) is 1.03. The van der Waals surface area contributed by atoms with Crippen LogP contribution in [0.1, 0.15) is 18.9 Å². The van der Waals surface area contributed by atoms with Crippen molar-refractivity contribution in [3.8, 4) is 5.75 Å². The molecule has 0 spiro atoms. The minimum absolute atomic E-state index is 0.247. The fourth-order valence-corrected chi connectivity index (χ4v) is 2.00. The van der Waals surface area contributed by atoms with Gasteiger partial charge in [0.1, 0.15) is 11.6 Å². The van der Waals surface area contributed by atoms with Crippen molar-refractivity contribution in [1.29, 1.82) is 0 Å². The van der Waals surface area contributed by atoms with Crippen LogP contribution in [0.3, 0.4) is 0 Å². The quantitative estimate of drug-likeness (QED) is 0.844. The second-order valence-corrected chi connectivity index (χ2v) is 4.62. The summed E-state index contributed by atoms with van der Waals surface area (Å²) in [5.74, 6) is 0.795. The average Bonchev–Trinajstić information content (AvgIpc) is 2.86. The molecule has 1 fully saturated rings. The summed E-state index contributed by atoms with van der Waals surface area (Å²) in [6, 6.07) is 4.86. The third-order valence-electron chi connectivity index (χ3n) is 3.02. The lowest BCUT2D eigenvalue weighted by Gasteiger charge is -2.12. The first kappa shape index (κ1) is 13.3. The van der Waals surface area contributed by atoms with Crippen molar-refractivity contribution in [2.75, 3.05) is 26.4 Å². The molecule has 4 heteroatoms. The van der Waals surface area contributed by atoms with Crippen LogP contribution in [0.25, 0.3) is 0 Å². The maximum absolute atomic E-state index is 13.4. The molecule has 1 N–H and O–H groups in total. The number of hydrogen-bond acceptors (Lipinski definition) is 3. The van der Waals surface area contributed by atoms with Crippen LogP contribution in [0.15, 0.2) is 18.2 Å². The zero-order valence-electron chi connectivity index (χ0n) is 10.7. The molecule has 0 amide bonds. The predicted octanol–water partition coefficient (Wildman–Crippen LogP) is 2.35. The van der Waals surface area contributed by atoms with Crippen LogP contribution in [0.5, 0.6) is 5.75 Å². The van der Waals surface area contributed by atoms with E-state index in [4.69, 9.17) is 9.47 Å². The van der Waals surface area contributed by atoms with Crippen LogP contribution in [-0.4, -0.2) is 26.4 Å². The Bertz CT molecular complexity index is 378. The smallest absolute Gasteiger partial charge is 0.127 e. The number of nitrogens with one attached hydrogen (secondary N) is 1. The summed E-state index contributed by atoms with van der Waals surface area (Å²) in [4.78, 5) is 0. The van der Waals surface area contributed by atoms with Crippen molar-refractivity contribution in [3.63, 3.8) is 0 Å². The van der Waals surface area contributed by atoms with Gasteiger partial charge in [0, 0.05) is 25.1 Å². The predicted molar refractivity (Wildman–Crippen MR) is 68.2 cm³/mol. The molecule has 1 saturated heterocycles. The molecule has 1 aliphatic heterocycles. The Morgan fingerprint density at radius 3 is 3.06 bits per heavy atom. The van der Waals surface area contributed by atoms with Crippen molar-refractivity contribution < 1.29 is 13.9 Å². The Morgan fingerprint density at radius 1 is 1.44 bits per heavy atom. The molecular weight excluding hydrogens is 233 g/mol. The van der Waals surface area contributed by atoms with Crippen molar-refractivity contribution in [1.82, 2.24) is 5.32 Å². The van der Waals surface area contributed by atoms with E-state index in [9.17, 15) is 4.39 Å². The van der Waals surface area contributed by atoms with Crippen LogP contribution in [0, 0.1) is 11.7 Å². The summed E-state index contributed by atoms with van der Waals surface area (Å²) >= 11 is 0. The van der Waals surface area contributed by atoms with Crippen molar-refractivity contribution in [2.24, 2.45) is 5.92 Å². The van der Waals surface area contributed by atoms with E-state index in [1.54, 1.807) is 0 Å². The first-order chi connectivity index (χ1) is 8.78. The van der Waals surface area contributed by atoms with Gasteiger partial charge in [-0.1, -0.05) is 6.92 Å². The maximum atomic E-state index is 13.4. The Hall–Kier alpha value is -1.13. The van der Waals surface area contributed by atoms with Crippen LogP contribution >= 0.6 is 0 Å². The molecule has 2 rings (SSSR count). The fraction of sp³-hybridized carbons (Fsp3) is 0.571. The highest BCUT2D eigenvalue weighted by molar-refractivity contribution is 5.29. The molecule has 100 valence electrons. The molecule has 1 atom stereocenters. The van der Waals surface area contributed by atoms with Gasteiger partial charge < -0.3 is 14.8 Å². The first-order valence-electron chi connectivity index (χ1n) is 6.48. The lowest BCUT2D eigenvalue weighted by Crippen LogP contribution is -2.13. The van der Waals surface area contributed by atoms with Crippen LogP contribution in [0.2, 0.25) is 0 Å². The van der Waals surface area contributed by atoms with Gasteiger partial charge in [-0.3, -0.25) is 0 Å². The van der Waals surface area contributed by atoms with Gasteiger partial charge in [-0.2, -0.15) is 0 Å². The summed E-state index contributed by atoms with van der Waals surface area (Å²) < 4.78 is 24.3. The zero-order chi connectivity index (χ0) is 12.8. The van der Waals surface area contributed by atoms with Crippen LogP contribution in [0.4, 0.5) is 4.39 Å². The molecule has 0 radical (unpaired) electrons. The molecular formula is C14H20FNO2. The number of rotatable bonds is 6. The van der Waals surface area contributed by atoms with E-state index in [-0.39, 0.29) is 5.82 Å². The highest BCUT2D eigenvalue weighted by Gasteiger charge is 2.16. The molecule has 3 nitrogen and oxygen atoms in total. The van der Waals surface area contributed by atoms with Gasteiger partial charge in [-0.15, -0.1) is 0 Å². The Morgan fingerprint density at radius 2 is 2.33 bits per heavy atom. The normalized spacial score (nSPS) is 19.1. The Labute approximate surface area is 107 Å². The molecule has 0 bridgehead atoms. The lowest BCUT2D eigenvalue weighted by molar-refractivity contribution is 0.167. The molecule has 1 aliphatic rings. The van der Waals surface area contributed by atoms with E-state index < -0.39 is 0 Å². The van der Waals surface area contributed by atoms with Gasteiger partial charge in [0.2, 0.25) is 0 Å². The van der Waals surface area contributed by atoms with E-state index in [0.29, 0.717) is 24.8 Å². The van der Waals surface area contributed by atoms with Gasteiger partial charge in [-0.05, 0) is 30.7 Å². The summed E-state index contributed by atoms with van der Waals surface area (Å²) in [6.45, 7) is 5.71. The molecule has 1 heterocycles. The highest BCUT2D eigenvalue weighted by Crippen LogP contribution is 2.19. The minimum Gasteiger partial charge on any atom is -0.493 e. The third kappa shape index (κ3) is 3.96. The van der Waals surface area contributed by atoms with Crippen molar-refractivity contribution in [3.05, 3.63) is 29.6 Å². The monoisotopic (exact) mass is 253 g/mol. The summed E-state index contributed by atoms with van der Waals surface area (Å²) in [5, 5.41) is 3.17. The van der Waals surface area contributed by atoms with Gasteiger partial charge in [-0.25, -0.2) is 4.39 Å². The standard InChI is InChI=1S/C14H20FNO2/c1-2-16-8-12-5-13(15)7-14(6-12)18-10-11-3-4-17-9-11/h5-7,11,16H,2-4,8-10H2,1H3. The van der Waals surface area contributed by atoms with Crippen molar-refractivity contribution in [2.45, 2.75) is 19.9 Å². The van der Waals surface area contributed by atoms with E-state index in [0.717, 1.165) is 31.7 Å². The SMILES string of the molecule is CCNCc1cc(F)cc(OCC2CCOC2)c1. The summed E-state index contributed by atoms with van der Waals surface area (Å²) in [5.41, 5.74) is 0.912. The number of benzene rings is 1. The molecule has 0 aromatic heterocycles. The Balaban J connectivity index is 1.91. The van der Waals surface area contributed by atoms with Gasteiger partial charge in [0.15, 0.2) is 0 Å². The van der Waals surface area contributed by atoms with E-state index >= 15 is 0 Å². The topological polar surface area (TPSA) is 30.5 Å². The van der Waals surface area contributed by atoms with E-state index in [1.807, 2.05) is 13.0 Å². The molecule has 1 unspecified atom stereocenters. The maximum Gasteiger partial charge on any atom is 0.127 e. The first-order valence-corrected chi connectivity index (χ1v) is 6.48. The van der Waals surface area contributed by atoms with Crippen LogP contribution < -0.4 is 10.1 Å². The Kier molecular flexibility index (Phi) is 4.96.